The van der Waals surface area contributed by atoms with Crippen LogP contribution in [-0.2, 0) is 0 Å². The highest BCUT2D eigenvalue weighted by molar-refractivity contribution is 9.11. The molecule has 2 rings (SSSR count). The Hall–Kier alpha value is -0.240. The van der Waals surface area contributed by atoms with E-state index in [1.165, 1.54) is 34.4 Å². The lowest BCUT2D eigenvalue weighted by Crippen LogP contribution is -1.98. The first kappa shape index (κ1) is 12.2. The summed E-state index contributed by atoms with van der Waals surface area (Å²) in [5, 5.41) is 8.79. The van der Waals surface area contributed by atoms with Crippen LogP contribution in [-0.4, -0.2) is 21.7 Å². The molecule has 84 valence electrons. The van der Waals surface area contributed by atoms with E-state index in [2.05, 4.69) is 26.1 Å². The van der Waals surface area contributed by atoms with Crippen molar-refractivity contribution in [2.45, 2.75) is 11.3 Å². The van der Waals surface area contributed by atoms with Crippen LogP contribution in [0.4, 0.5) is 0 Å². The number of carbonyl (C=O) groups excluding carboxylic acids is 1. The van der Waals surface area contributed by atoms with Crippen LogP contribution < -0.4 is 0 Å². The normalized spacial score (nSPS) is 10.6. The Morgan fingerprint density at radius 3 is 2.81 bits per heavy atom. The van der Waals surface area contributed by atoms with Gasteiger partial charge < -0.3 is 0 Å². The van der Waals surface area contributed by atoms with Crippen LogP contribution in [0.2, 0.25) is 0 Å². The Labute approximate surface area is 113 Å². The zero-order chi connectivity index (χ0) is 11.5. The molecule has 0 spiro atoms. The van der Waals surface area contributed by atoms with Crippen LogP contribution in [0.15, 0.2) is 20.3 Å². The number of nitrogens with zero attached hydrogens (tertiary/aromatic N) is 2. The average molecular weight is 335 g/mol. The van der Waals surface area contributed by atoms with Crippen molar-refractivity contribution >= 4 is 56.1 Å². The smallest absolute Gasteiger partial charge is 0.183 e. The van der Waals surface area contributed by atoms with Gasteiger partial charge >= 0.3 is 0 Å². The maximum Gasteiger partial charge on any atom is 0.183 e. The van der Waals surface area contributed by atoms with Crippen molar-refractivity contribution in [3.8, 4) is 0 Å². The highest BCUT2D eigenvalue weighted by atomic mass is 79.9. The van der Waals surface area contributed by atoms with E-state index < -0.39 is 0 Å². The van der Waals surface area contributed by atoms with Gasteiger partial charge in [0, 0.05) is 0 Å². The molecule has 2 heterocycles. The Morgan fingerprint density at radius 2 is 2.25 bits per heavy atom. The lowest BCUT2D eigenvalue weighted by atomic mass is 10.4. The van der Waals surface area contributed by atoms with Crippen LogP contribution in [0.1, 0.15) is 14.7 Å². The SMILES string of the molecule is Cc1nnc(SCC(=O)c2ccc(Br)s2)s1. The molecule has 0 radical (unpaired) electrons. The van der Waals surface area contributed by atoms with Gasteiger partial charge in [0.1, 0.15) is 5.01 Å². The first-order valence-electron chi connectivity index (χ1n) is 4.36. The minimum atomic E-state index is 0.133. The van der Waals surface area contributed by atoms with Crippen LogP contribution in [0, 0.1) is 6.92 Å². The molecule has 2 aromatic heterocycles. The number of hydrogen-bond donors (Lipinski definition) is 0. The summed E-state index contributed by atoms with van der Waals surface area (Å²) in [6.07, 6.45) is 0. The number of Topliss-reactive ketones (excluding diaryl/α,β-unsaturated/α-hetero) is 1. The number of carbonyl (C=O) groups is 1. The fraction of sp³-hybridized carbons (Fsp3) is 0.222. The van der Waals surface area contributed by atoms with E-state index in [4.69, 9.17) is 0 Å². The summed E-state index contributed by atoms with van der Waals surface area (Å²) in [5.74, 6) is 0.551. The van der Waals surface area contributed by atoms with Gasteiger partial charge in [-0.15, -0.1) is 21.5 Å². The second-order valence-electron chi connectivity index (χ2n) is 2.90. The predicted molar refractivity (Wildman–Crippen MR) is 71.7 cm³/mol. The molecule has 0 aromatic carbocycles. The summed E-state index contributed by atoms with van der Waals surface area (Å²) in [6.45, 7) is 1.90. The number of thiophene rings is 1. The van der Waals surface area contributed by atoms with E-state index in [1.807, 2.05) is 19.1 Å². The molecule has 0 saturated heterocycles. The number of halogens is 1. The van der Waals surface area contributed by atoms with E-state index in [0.29, 0.717) is 5.75 Å². The van der Waals surface area contributed by atoms with Crippen LogP contribution >= 0.6 is 50.4 Å². The Bertz CT molecular complexity index is 508. The summed E-state index contributed by atoms with van der Waals surface area (Å²) >= 11 is 7.75. The molecule has 16 heavy (non-hydrogen) atoms. The van der Waals surface area contributed by atoms with Crippen molar-refractivity contribution in [3.05, 3.63) is 25.8 Å². The highest BCUT2D eigenvalue weighted by Gasteiger charge is 2.10. The first-order chi connectivity index (χ1) is 7.65. The average Bonchev–Trinajstić information content (AvgIpc) is 2.84. The number of aromatic nitrogens is 2. The molecule has 3 nitrogen and oxygen atoms in total. The topological polar surface area (TPSA) is 42.9 Å². The number of ketones is 1. The summed E-state index contributed by atoms with van der Waals surface area (Å²) in [4.78, 5) is 12.5. The number of rotatable bonds is 4. The molecule has 0 aliphatic heterocycles. The molecule has 0 N–H and O–H groups in total. The lowest BCUT2D eigenvalue weighted by Gasteiger charge is -1.93. The monoisotopic (exact) mass is 334 g/mol. The Morgan fingerprint density at radius 1 is 1.44 bits per heavy atom. The molecule has 0 amide bonds. The third-order valence-electron chi connectivity index (χ3n) is 1.68. The minimum absolute atomic E-state index is 0.133. The third-order valence-corrected chi connectivity index (χ3v) is 5.32. The molecule has 0 atom stereocenters. The summed E-state index contributed by atoms with van der Waals surface area (Å²) in [6, 6.07) is 3.72. The largest absolute Gasteiger partial charge is 0.292 e. The van der Waals surface area contributed by atoms with E-state index in [1.54, 1.807) is 0 Å². The van der Waals surface area contributed by atoms with Gasteiger partial charge in [0.15, 0.2) is 10.1 Å². The Kier molecular flexibility index (Phi) is 4.12. The second-order valence-corrected chi connectivity index (χ2v) is 7.77. The lowest BCUT2D eigenvalue weighted by molar-refractivity contribution is 0.102. The summed E-state index contributed by atoms with van der Waals surface area (Å²) in [7, 11) is 0. The fourth-order valence-electron chi connectivity index (χ4n) is 0.999. The predicted octanol–water partition coefficient (Wildman–Crippen LogP) is 3.65. The maximum absolute atomic E-state index is 11.8. The van der Waals surface area contributed by atoms with E-state index >= 15 is 0 Å². The molecule has 0 unspecified atom stereocenters. The zero-order valence-corrected chi connectivity index (χ0v) is 12.3. The van der Waals surface area contributed by atoms with E-state index in [-0.39, 0.29) is 5.78 Å². The van der Waals surface area contributed by atoms with Crippen molar-refractivity contribution < 1.29 is 4.79 Å². The van der Waals surface area contributed by atoms with Crippen LogP contribution in [0.25, 0.3) is 0 Å². The van der Waals surface area contributed by atoms with Crippen LogP contribution in [0.3, 0.4) is 0 Å². The quantitative estimate of drug-likeness (QED) is 0.632. The van der Waals surface area contributed by atoms with Gasteiger partial charge in [-0.2, -0.15) is 0 Å². The van der Waals surface area contributed by atoms with E-state index in [9.17, 15) is 4.79 Å². The molecule has 2 aromatic rings. The van der Waals surface area contributed by atoms with Crippen molar-refractivity contribution in [1.82, 2.24) is 10.2 Å². The fourth-order valence-corrected chi connectivity index (χ4v) is 4.11. The van der Waals surface area contributed by atoms with E-state index in [0.717, 1.165) is 18.0 Å². The maximum atomic E-state index is 11.8. The van der Waals surface area contributed by atoms with Gasteiger partial charge in [-0.1, -0.05) is 23.1 Å². The molecule has 0 bridgehead atoms. The molecule has 0 saturated carbocycles. The molecule has 7 heteroatoms. The van der Waals surface area contributed by atoms with Gasteiger partial charge in [0.25, 0.3) is 0 Å². The number of aryl methyl sites for hydroxylation is 1. The standard InChI is InChI=1S/C9H7BrN2OS3/c1-5-11-12-9(15-5)14-4-6(13)7-2-3-8(10)16-7/h2-3H,4H2,1H3. The minimum Gasteiger partial charge on any atom is -0.292 e. The Balaban J connectivity index is 1.93. The van der Waals surface area contributed by atoms with Gasteiger partial charge in [-0.3, -0.25) is 4.79 Å². The molecule has 0 aliphatic carbocycles. The van der Waals surface area contributed by atoms with Crippen molar-refractivity contribution in [3.63, 3.8) is 0 Å². The summed E-state index contributed by atoms with van der Waals surface area (Å²) < 4.78 is 1.83. The first-order valence-corrected chi connectivity index (χ1v) is 7.78. The van der Waals surface area contributed by atoms with Gasteiger partial charge in [-0.25, -0.2) is 0 Å². The highest BCUT2D eigenvalue weighted by Crippen LogP contribution is 2.26. The van der Waals surface area contributed by atoms with Gasteiger partial charge in [-0.05, 0) is 35.0 Å². The third kappa shape index (κ3) is 3.13. The summed E-state index contributed by atoms with van der Waals surface area (Å²) in [5.41, 5.74) is 0. The van der Waals surface area contributed by atoms with Crippen molar-refractivity contribution in [2.24, 2.45) is 0 Å². The number of hydrogen-bond acceptors (Lipinski definition) is 6. The molecular weight excluding hydrogens is 328 g/mol. The van der Waals surface area contributed by atoms with Crippen molar-refractivity contribution in [2.75, 3.05) is 5.75 Å². The molecule has 0 fully saturated rings. The zero-order valence-electron chi connectivity index (χ0n) is 8.27. The number of thioether (sulfide) groups is 1. The van der Waals surface area contributed by atoms with Crippen LogP contribution in [0.5, 0.6) is 0 Å². The van der Waals surface area contributed by atoms with Gasteiger partial charge in [0.05, 0.1) is 14.4 Å². The molecule has 0 aliphatic rings. The molecular formula is C9H7BrN2OS3. The van der Waals surface area contributed by atoms with Crippen molar-refractivity contribution in [1.29, 1.82) is 0 Å². The van der Waals surface area contributed by atoms with Gasteiger partial charge in [0.2, 0.25) is 0 Å². The second kappa shape index (κ2) is 5.39.